The van der Waals surface area contributed by atoms with Crippen molar-refractivity contribution >= 4 is 17.9 Å². The minimum Gasteiger partial charge on any atom is -0.396 e. The minimum atomic E-state index is -0.350. The van der Waals surface area contributed by atoms with Crippen LogP contribution in [0, 0.1) is 0 Å². The highest BCUT2D eigenvalue weighted by Crippen LogP contribution is 2.18. The molecule has 82 valence electrons. The van der Waals surface area contributed by atoms with E-state index in [-0.39, 0.29) is 18.4 Å². The Hall–Kier alpha value is -1.94. The Bertz CT molecular complexity index is 477. The van der Waals surface area contributed by atoms with Crippen LogP contribution in [0.25, 0.3) is 6.08 Å². The molecular weight excluding hydrogens is 206 g/mol. The van der Waals surface area contributed by atoms with Gasteiger partial charge in [0.1, 0.15) is 0 Å². The number of carbonyl (C=O) groups excluding carboxylic acids is 2. The van der Waals surface area contributed by atoms with Gasteiger partial charge >= 0.3 is 0 Å². The average Bonchev–Trinajstić information content (AvgIpc) is 2.55. The summed E-state index contributed by atoms with van der Waals surface area (Å²) in [5.74, 6) is -0.691. The molecule has 0 unspecified atom stereocenters. The Labute approximate surface area is 92.6 Å². The lowest BCUT2D eigenvalue weighted by atomic mass is 10.1. The SMILES string of the molecule is O=C1NC(=O)c2cc(/C=C/CCO)ccc21. The Morgan fingerprint density at radius 3 is 2.69 bits per heavy atom. The molecule has 16 heavy (non-hydrogen) atoms. The van der Waals surface area contributed by atoms with Crippen LogP contribution in [-0.2, 0) is 0 Å². The van der Waals surface area contributed by atoms with Gasteiger partial charge in [0.15, 0.2) is 0 Å². The summed E-state index contributed by atoms with van der Waals surface area (Å²) >= 11 is 0. The number of amides is 2. The number of imide groups is 1. The predicted molar refractivity (Wildman–Crippen MR) is 59.0 cm³/mol. The maximum atomic E-state index is 11.4. The van der Waals surface area contributed by atoms with Crippen molar-refractivity contribution in [2.75, 3.05) is 6.61 Å². The van der Waals surface area contributed by atoms with Crippen LogP contribution in [0.15, 0.2) is 24.3 Å². The molecule has 0 saturated heterocycles. The molecule has 1 heterocycles. The normalized spacial score (nSPS) is 14.3. The highest BCUT2D eigenvalue weighted by atomic mass is 16.2. The van der Waals surface area contributed by atoms with Crippen LogP contribution in [0.4, 0.5) is 0 Å². The van der Waals surface area contributed by atoms with Gasteiger partial charge in [-0.05, 0) is 24.1 Å². The molecule has 0 saturated carbocycles. The fourth-order valence-electron chi connectivity index (χ4n) is 1.58. The molecule has 4 heteroatoms. The topological polar surface area (TPSA) is 66.4 Å². The van der Waals surface area contributed by atoms with Crippen molar-refractivity contribution in [3.05, 3.63) is 41.0 Å². The van der Waals surface area contributed by atoms with Crippen molar-refractivity contribution in [1.82, 2.24) is 5.32 Å². The number of carbonyl (C=O) groups is 2. The Balaban J connectivity index is 2.30. The molecule has 1 aliphatic rings. The Kier molecular flexibility index (Phi) is 2.83. The van der Waals surface area contributed by atoms with E-state index in [1.54, 1.807) is 18.2 Å². The summed E-state index contributed by atoms with van der Waals surface area (Å²) in [4.78, 5) is 22.6. The van der Waals surface area contributed by atoms with Crippen LogP contribution in [0.2, 0.25) is 0 Å². The van der Waals surface area contributed by atoms with Gasteiger partial charge in [-0.1, -0.05) is 18.2 Å². The van der Waals surface area contributed by atoms with Crippen molar-refractivity contribution in [2.24, 2.45) is 0 Å². The van der Waals surface area contributed by atoms with Crippen molar-refractivity contribution in [3.8, 4) is 0 Å². The zero-order valence-corrected chi connectivity index (χ0v) is 8.56. The monoisotopic (exact) mass is 217 g/mol. The quantitative estimate of drug-likeness (QED) is 0.741. The molecular formula is C12H11NO3. The molecule has 2 amide bonds. The fraction of sp³-hybridized carbons (Fsp3) is 0.167. The van der Waals surface area contributed by atoms with Crippen LogP contribution >= 0.6 is 0 Å². The molecule has 0 fully saturated rings. The molecule has 0 radical (unpaired) electrons. The maximum Gasteiger partial charge on any atom is 0.258 e. The van der Waals surface area contributed by atoms with Gasteiger partial charge in [0.2, 0.25) is 0 Å². The molecule has 0 bridgehead atoms. The third-order valence-corrected chi connectivity index (χ3v) is 2.37. The van der Waals surface area contributed by atoms with Crippen LogP contribution in [0.3, 0.4) is 0 Å². The second-order valence-corrected chi connectivity index (χ2v) is 3.50. The van der Waals surface area contributed by atoms with E-state index < -0.39 is 0 Å². The van der Waals surface area contributed by atoms with Gasteiger partial charge in [0.05, 0.1) is 11.1 Å². The van der Waals surface area contributed by atoms with E-state index in [4.69, 9.17) is 5.11 Å². The molecule has 2 N–H and O–H groups in total. The molecule has 0 aliphatic carbocycles. The number of benzene rings is 1. The van der Waals surface area contributed by atoms with Gasteiger partial charge in [-0.2, -0.15) is 0 Å². The van der Waals surface area contributed by atoms with Crippen LogP contribution < -0.4 is 5.32 Å². The van der Waals surface area contributed by atoms with Crippen LogP contribution in [0.5, 0.6) is 0 Å². The average molecular weight is 217 g/mol. The van der Waals surface area contributed by atoms with Gasteiger partial charge in [0, 0.05) is 6.61 Å². The molecule has 1 aromatic carbocycles. The molecule has 2 rings (SSSR count). The summed E-state index contributed by atoms with van der Waals surface area (Å²) in [5.41, 5.74) is 1.68. The zero-order chi connectivity index (χ0) is 11.5. The number of hydrogen-bond acceptors (Lipinski definition) is 3. The summed E-state index contributed by atoms with van der Waals surface area (Å²) in [6, 6.07) is 5.07. The third kappa shape index (κ3) is 1.87. The fourth-order valence-corrected chi connectivity index (χ4v) is 1.58. The van der Waals surface area contributed by atoms with E-state index in [0.717, 1.165) is 5.56 Å². The first kappa shape index (κ1) is 10.6. The van der Waals surface area contributed by atoms with Gasteiger partial charge in [0.25, 0.3) is 11.8 Å². The number of aliphatic hydroxyl groups is 1. The summed E-state index contributed by atoms with van der Waals surface area (Å²) in [6.07, 6.45) is 4.20. The van der Waals surface area contributed by atoms with Gasteiger partial charge in [-0.15, -0.1) is 0 Å². The van der Waals surface area contributed by atoms with E-state index in [2.05, 4.69) is 5.32 Å². The van der Waals surface area contributed by atoms with E-state index in [1.165, 1.54) is 0 Å². The van der Waals surface area contributed by atoms with Crippen molar-refractivity contribution in [2.45, 2.75) is 6.42 Å². The van der Waals surface area contributed by atoms with E-state index >= 15 is 0 Å². The third-order valence-electron chi connectivity index (χ3n) is 2.37. The lowest BCUT2D eigenvalue weighted by molar-refractivity contribution is 0.0879. The van der Waals surface area contributed by atoms with Gasteiger partial charge in [-0.3, -0.25) is 14.9 Å². The molecule has 1 aliphatic heterocycles. The first-order chi connectivity index (χ1) is 7.72. The molecule has 4 nitrogen and oxygen atoms in total. The van der Waals surface area contributed by atoms with Crippen molar-refractivity contribution < 1.29 is 14.7 Å². The highest BCUT2D eigenvalue weighted by Gasteiger charge is 2.26. The molecule has 0 aromatic heterocycles. The van der Waals surface area contributed by atoms with Crippen molar-refractivity contribution in [1.29, 1.82) is 0 Å². The van der Waals surface area contributed by atoms with E-state index in [0.29, 0.717) is 17.5 Å². The lowest BCUT2D eigenvalue weighted by Gasteiger charge is -1.96. The number of fused-ring (bicyclic) bond motifs is 1. The lowest BCUT2D eigenvalue weighted by Crippen LogP contribution is -2.19. The molecule has 1 aromatic rings. The standard InChI is InChI=1S/C12H11NO3/c14-6-2-1-3-8-4-5-9-10(7-8)12(16)13-11(9)15/h1,3-5,7,14H,2,6H2,(H,13,15,16)/b3-1+. The van der Waals surface area contributed by atoms with Crippen LogP contribution in [-0.4, -0.2) is 23.5 Å². The summed E-state index contributed by atoms with van der Waals surface area (Å²) in [6.45, 7) is 0.0976. The summed E-state index contributed by atoms with van der Waals surface area (Å²) in [7, 11) is 0. The number of rotatable bonds is 3. The van der Waals surface area contributed by atoms with Crippen molar-refractivity contribution in [3.63, 3.8) is 0 Å². The molecule has 0 atom stereocenters. The Morgan fingerprint density at radius 1 is 1.19 bits per heavy atom. The first-order valence-corrected chi connectivity index (χ1v) is 4.99. The smallest absolute Gasteiger partial charge is 0.258 e. The van der Waals surface area contributed by atoms with E-state index in [1.807, 2.05) is 12.2 Å². The second kappa shape index (κ2) is 4.28. The summed E-state index contributed by atoms with van der Waals surface area (Å²) in [5, 5.41) is 10.9. The predicted octanol–water partition coefficient (Wildman–Crippen LogP) is 0.966. The summed E-state index contributed by atoms with van der Waals surface area (Å²) < 4.78 is 0. The van der Waals surface area contributed by atoms with Crippen LogP contribution in [0.1, 0.15) is 32.7 Å². The van der Waals surface area contributed by atoms with Gasteiger partial charge < -0.3 is 5.11 Å². The van der Waals surface area contributed by atoms with Gasteiger partial charge in [-0.25, -0.2) is 0 Å². The highest BCUT2D eigenvalue weighted by molar-refractivity contribution is 6.21. The second-order valence-electron chi connectivity index (χ2n) is 3.50. The Morgan fingerprint density at radius 2 is 1.94 bits per heavy atom. The largest absolute Gasteiger partial charge is 0.396 e. The maximum absolute atomic E-state index is 11.4. The number of aliphatic hydroxyl groups excluding tert-OH is 1. The first-order valence-electron chi connectivity index (χ1n) is 4.99. The zero-order valence-electron chi connectivity index (χ0n) is 8.56. The number of hydrogen-bond donors (Lipinski definition) is 2. The minimum absolute atomic E-state index is 0.0976. The number of nitrogens with one attached hydrogen (secondary N) is 1. The molecule has 0 spiro atoms. The van der Waals surface area contributed by atoms with E-state index in [9.17, 15) is 9.59 Å².